The lowest BCUT2D eigenvalue weighted by Crippen LogP contribution is -2.39. The molecule has 0 saturated heterocycles. The minimum Gasteiger partial charge on any atom is -0.318 e. The third-order valence-electron chi connectivity index (χ3n) is 5.84. The van der Waals surface area contributed by atoms with Crippen molar-refractivity contribution in [3.63, 3.8) is 0 Å². The highest BCUT2D eigenvalue weighted by atomic mass is 79.9. The highest BCUT2D eigenvalue weighted by molar-refractivity contribution is 9.10. The molecule has 0 bridgehead atoms. The van der Waals surface area contributed by atoms with Crippen LogP contribution in [-0.4, -0.2) is 31.7 Å². The Balaban J connectivity index is 1.55. The van der Waals surface area contributed by atoms with Crippen LogP contribution in [0, 0.1) is 20.8 Å². The molecule has 1 amide bonds. The molecule has 190 valence electrons. The molecule has 0 spiro atoms. The number of hydrazone groups is 1. The molecular weight excluding hydrogens is 552 g/mol. The summed E-state index contributed by atoms with van der Waals surface area (Å²) in [5, 5.41) is 4.12. The van der Waals surface area contributed by atoms with E-state index in [1.807, 2.05) is 57.2 Å². The summed E-state index contributed by atoms with van der Waals surface area (Å²) in [4.78, 5) is 13.0. The first kappa shape index (κ1) is 26.4. The third kappa shape index (κ3) is 6.00. The van der Waals surface area contributed by atoms with E-state index < -0.39 is 22.5 Å². The molecule has 37 heavy (non-hydrogen) atoms. The molecule has 4 rings (SSSR count). The molecule has 0 atom stereocenters. The van der Waals surface area contributed by atoms with Gasteiger partial charge >= 0.3 is 0 Å². The number of hydrogen-bond acceptors (Lipinski definition) is 4. The van der Waals surface area contributed by atoms with E-state index in [1.54, 1.807) is 42.6 Å². The number of nitrogens with zero attached hydrogens (tertiary/aromatic N) is 3. The Kier molecular flexibility index (Phi) is 7.94. The number of rotatable bonds is 8. The summed E-state index contributed by atoms with van der Waals surface area (Å²) >= 11 is 3.51. The number of hydrogen-bond donors (Lipinski definition) is 1. The van der Waals surface area contributed by atoms with Gasteiger partial charge in [0.05, 0.1) is 16.8 Å². The first-order valence-electron chi connectivity index (χ1n) is 11.6. The molecule has 7 nitrogen and oxygen atoms in total. The SMILES string of the molecule is Cc1cccc(N(CC(=O)N/N=C/c2cc(C)n(-c3cccc(Br)c3)c2C)S(=O)(=O)c2ccccc2)c1. The first-order chi connectivity index (χ1) is 17.7. The van der Waals surface area contributed by atoms with Crippen LogP contribution in [0.4, 0.5) is 5.69 Å². The maximum Gasteiger partial charge on any atom is 0.264 e. The van der Waals surface area contributed by atoms with Crippen molar-refractivity contribution in [1.82, 2.24) is 9.99 Å². The van der Waals surface area contributed by atoms with Crippen molar-refractivity contribution >= 4 is 43.8 Å². The van der Waals surface area contributed by atoms with Crippen molar-refractivity contribution in [2.45, 2.75) is 25.7 Å². The second-order valence-corrected chi connectivity index (χ2v) is 11.4. The molecule has 0 aliphatic heterocycles. The quantitative estimate of drug-likeness (QED) is 0.221. The summed E-state index contributed by atoms with van der Waals surface area (Å²) in [6.07, 6.45) is 1.57. The smallest absolute Gasteiger partial charge is 0.264 e. The summed E-state index contributed by atoms with van der Waals surface area (Å²) in [6.45, 7) is 5.42. The lowest BCUT2D eigenvalue weighted by molar-refractivity contribution is -0.119. The minimum absolute atomic E-state index is 0.104. The largest absolute Gasteiger partial charge is 0.318 e. The molecule has 4 aromatic rings. The van der Waals surface area contributed by atoms with Crippen LogP contribution < -0.4 is 9.73 Å². The zero-order valence-corrected chi connectivity index (χ0v) is 23.1. The van der Waals surface area contributed by atoms with Gasteiger partial charge in [-0.25, -0.2) is 13.8 Å². The number of amides is 1. The van der Waals surface area contributed by atoms with Crippen LogP contribution in [0.15, 0.2) is 99.4 Å². The van der Waals surface area contributed by atoms with E-state index in [0.29, 0.717) is 5.69 Å². The van der Waals surface area contributed by atoms with Gasteiger partial charge in [0.25, 0.3) is 15.9 Å². The molecule has 0 unspecified atom stereocenters. The van der Waals surface area contributed by atoms with Crippen LogP contribution in [-0.2, 0) is 14.8 Å². The van der Waals surface area contributed by atoms with Gasteiger partial charge in [-0.15, -0.1) is 0 Å². The molecule has 0 aliphatic carbocycles. The van der Waals surface area contributed by atoms with Gasteiger partial charge in [-0.2, -0.15) is 5.10 Å². The average Bonchev–Trinajstić information content (AvgIpc) is 3.15. The Morgan fingerprint density at radius 2 is 1.70 bits per heavy atom. The Hall–Kier alpha value is -3.69. The van der Waals surface area contributed by atoms with Gasteiger partial charge in [-0.05, 0) is 74.9 Å². The molecule has 3 aromatic carbocycles. The maximum absolute atomic E-state index is 13.4. The first-order valence-corrected chi connectivity index (χ1v) is 13.8. The zero-order chi connectivity index (χ0) is 26.6. The summed E-state index contributed by atoms with van der Waals surface area (Å²) in [7, 11) is -3.97. The van der Waals surface area contributed by atoms with Gasteiger partial charge in [0.2, 0.25) is 0 Å². The number of carbonyl (C=O) groups is 1. The number of aromatic nitrogens is 1. The fourth-order valence-corrected chi connectivity index (χ4v) is 5.91. The van der Waals surface area contributed by atoms with Crippen LogP contribution in [0.5, 0.6) is 0 Å². The fourth-order valence-electron chi connectivity index (χ4n) is 4.09. The molecule has 1 heterocycles. The molecule has 9 heteroatoms. The molecular formula is C28H27BrN4O3S. The van der Waals surface area contributed by atoms with Crippen molar-refractivity contribution in [2.24, 2.45) is 5.10 Å². The molecule has 0 aliphatic rings. The Morgan fingerprint density at radius 1 is 0.973 bits per heavy atom. The molecule has 0 fully saturated rings. The fraction of sp³-hybridized carbons (Fsp3) is 0.143. The van der Waals surface area contributed by atoms with Gasteiger partial charge in [0.1, 0.15) is 6.54 Å². The Labute approximate surface area is 225 Å². The van der Waals surface area contributed by atoms with E-state index in [9.17, 15) is 13.2 Å². The Bertz CT molecular complexity index is 1560. The van der Waals surface area contributed by atoms with Gasteiger partial charge in [0, 0.05) is 27.1 Å². The molecule has 1 N–H and O–H groups in total. The normalized spacial score (nSPS) is 11.6. The minimum atomic E-state index is -3.97. The van der Waals surface area contributed by atoms with Crippen molar-refractivity contribution in [2.75, 3.05) is 10.8 Å². The van der Waals surface area contributed by atoms with E-state index in [1.165, 1.54) is 12.1 Å². The second kappa shape index (κ2) is 11.1. The third-order valence-corrected chi connectivity index (χ3v) is 8.12. The van der Waals surface area contributed by atoms with Crippen LogP contribution in [0.2, 0.25) is 0 Å². The maximum atomic E-state index is 13.4. The van der Waals surface area contributed by atoms with Crippen LogP contribution >= 0.6 is 15.9 Å². The monoisotopic (exact) mass is 578 g/mol. The van der Waals surface area contributed by atoms with E-state index >= 15 is 0 Å². The van der Waals surface area contributed by atoms with Crippen molar-refractivity contribution in [1.29, 1.82) is 0 Å². The number of carbonyl (C=O) groups excluding carboxylic acids is 1. The van der Waals surface area contributed by atoms with Gasteiger partial charge in [0.15, 0.2) is 0 Å². The van der Waals surface area contributed by atoms with E-state index in [2.05, 4.69) is 31.0 Å². The van der Waals surface area contributed by atoms with Crippen LogP contribution in [0.1, 0.15) is 22.5 Å². The standard InChI is InChI=1S/C28H27BrN4O3S/c1-20-9-7-11-25(15-20)32(37(35,36)27-13-5-4-6-14-27)19-28(34)31-30-18-23-16-21(2)33(22(23)3)26-12-8-10-24(29)17-26/h4-18H,19H2,1-3H3,(H,31,34)/b30-18+. The van der Waals surface area contributed by atoms with E-state index in [-0.39, 0.29) is 4.90 Å². The van der Waals surface area contributed by atoms with E-state index in [4.69, 9.17) is 0 Å². The number of anilines is 1. The zero-order valence-electron chi connectivity index (χ0n) is 20.7. The Morgan fingerprint density at radius 3 is 2.41 bits per heavy atom. The van der Waals surface area contributed by atoms with E-state index in [0.717, 1.165) is 37.0 Å². The summed E-state index contributed by atoms with van der Waals surface area (Å²) in [5.74, 6) is -0.557. The molecule has 1 aromatic heterocycles. The van der Waals surface area contributed by atoms with Crippen molar-refractivity contribution in [3.8, 4) is 5.69 Å². The summed E-state index contributed by atoms with van der Waals surface area (Å²) in [6, 6.07) is 25.0. The molecule has 0 radical (unpaired) electrons. The second-order valence-electron chi connectivity index (χ2n) is 8.60. The molecule has 0 saturated carbocycles. The number of sulfonamides is 1. The number of halogens is 1. The highest BCUT2D eigenvalue weighted by Crippen LogP contribution is 2.25. The summed E-state index contributed by atoms with van der Waals surface area (Å²) in [5.41, 5.74) is 7.59. The predicted molar refractivity (Wildman–Crippen MR) is 151 cm³/mol. The van der Waals surface area contributed by atoms with Gasteiger partial charge < -0.3 is 4.57 Å². The van der Waals surface area contributed by atoms with Crippen LogP contribution in [0.25, 0.3) is 5.69 Å². The van der Waals surface area contributed by atoms with Gasteiger partial charge in [-0.1, -0.05) is 52.3 Å². The van der Waals surface area contributed by atoms with Gasteiger partial charge in [-0.3, -0.25) is 9.10 Å². The lowest BCUT2D eigenvalue weighted by Gasteiger charge is -2.24. The topological polar surface area (TPSA) is 83.8 Å². The lowest BCUT2D eigenvalue weighted by atomic mass is 10.2. The number of benzene rings is 3. The average molecular weight is 580 g/mol. The number of nitrogens with one attached hydrogen (secondary N) is 1. The number of aryl methyl sites for hydroxylation is 2. The van der Waals surface area contributed by atoms with Crippen molar-refractivity contribution in [3.05, 3.63) is 112 Å². The van der Waals surface area contributed by atoms with Crippen LogP contribution in [0.3, 0.4) is 0 Å². The summed E-state index contributed by atoms with van der Waals surface area (Å²) < 4.78 is 31.0. The predicted octanol–water partition coefficient (Wildman–Crippen LogP) is 5.51. The van der Waals surface area contributed by atoms with Crippen molar-refractivity contribution < 1.29 is 13.2 Å². The highest BCUT2D eigenvalue weighted by Gasteiger charge is 2.27.